The number of nitrogens with zero attached hydrogens (tertiary/aromatic N) is 2. The molecule has 0 radical (unpaired) electrons. The molecular weight excluding hydrogens is 495 g/mol. The first-order chi connectivity index (χ1) is 19.4. The number of hydrogen-bond donors (Lipinski definition) is 0. The lowest BCUT2D eigenvalue weighted by molar-refractivity contribution is 0.669. The van der Waals surface area contributed by atoms with Crippen LogP contribution in [-0.4, -0.2) is 11.3 Å². The minimum absolute atomic E-state index is 0.0999. The SMILES string of the molecule is c1ccc(N2c3ccccc3B3c4c2csc4-c2cc4oc5ccccc5c4c4c5ccccc5n3c24)cc1. The van der Waals surface area contributed by atoms with Gasteiger partial charge >= 0.3 is 6.85 Å². The fourth-order valence-electron chi connectivity index (χ4n) is 7.18. The number of rotatable bonds is 1. The zero-order valence-corrected chi connectivity index (χ0v) is 21.6. The van der Waals surface area contributed by atoms with E-state index in [0.717, 1.165) is 11.2 Å². The van der Waals surface area contributed by atoms with Crippen LogP contribution < -0.4 is 15.8 Å². The minimum atomic E-state index is 0.0999. The number of benzene rings is 5. The van der Waals surface area contributed by atoms with Gasteiger partial charge in [0.15, 0.2) is 0 Å². The molecule has 0 aliphatic carbocycles. The lowest BCUT2D eigenvalue weighted by Crippen LogP contribution is -2.55. The standard InChI is InChI=1S/C34H19BN2OS/c1-2-10-20(11-3-1)36-26-16-8-6-14-24(26)35-32-27(36)19-39-34(32)23-18-29-30(22-13-5-9-17-28(22)38-29)31-21-12-4-7-15-25(21)37(35)33(23)31/h1-19H. The molecule has 5 heteroatoms. The molecule has 2 aliphatic rings. The number of hydrogen-bond acceptors (Lipinski definition) is 3. The van der Waals surface area contributed by atoms with Gasteiger partial charge in [-0.3, -0.25) is 0 Å². The van der Waals surface area contributed by atoms with Crippen molar-refractivity contribution in [1.82, 2.24) is 4.48 Å². The third kappa shape index (κ3) is 2.36. The van der Waals surface area contributed by atoms with E-state index in [4.69, 9.17) is 4.42 Å². The highest BCUT2D eigenvalue weighted by Crippen LogP contribution is 2.50. The first-order valence-corrected chi connectivity index (χ1v) is 14.2. The maximum Gasteiger partial charge on any atom is 0.333 e. The lowest BCUT2D eigenvalue weighted by atomic mass is 9.46. The van der Waals surface area contributed by atoms with Gasteiger partial charge in [0.25, 0.3) is 0 Å². The Morgan fingerprint density at radius 3 is 2.36 bits per heavy atom. The average molecular weight is 514 g/mol. The van der Waals surface area contributed by atoms with Gasteiger partial charge in [0, 0.05) is 59.8 Å². The first kappa shape index (κ1) is 20.3. The average Bonchev–Trinajstić information content (AvgIpc) is 3.68. The maximum atomic E-state index is 6.51. The number of anilines is 3. The molecule has 0 spiro atoms. The number of thiophene rings is 1. The van der Waals surface area contributed by atoms with Crippen LogP contribution in [-0.2, 0) is 0 Å². The van der Waals surface area contributed by atoms with Crippen LogP contribution in [0.25, 0.3) is 54.2 Å². The Bertz CT molecular complexity index is 2310. The highest BCUT2D eigenvalue weighted by molar-refractivity contribution is 7.17. The van der Waals surface area contributed by atoms with Gasteiger partial charge in [-0.05, 0) is 47.3 Å². The summed E-state index contributed by atoms with van der Waals surface area (Å²) in [6.45, 7) is 0.0999. The summed E-state index contributed by atoms with van der Waals surface area (Å²) in [5, 5.41) is 7.33. The predicted molar refractivity (Wildman–Crippen MR) is 165 cm³/mol. The molecule has 8 aromatic rings. The summed E-state index contributed by atoms with van der Waals surface area (Å²) >= 11 is 1.85. The molecule has 0 bridgehead atoms. The molecule has 5 heterocycles. The fourth-order valence-corrected chi connectivity index (χ4v) is 8.27. The summed E-state index contributed by atoms with van der Waals surface area (Å²) in [6, 6.07) is 39.3. The highest BCUT2D eigenvalue weighted by atomic mass is 32.1. The second-order valence-corrected chi connectivity index (χ2v) is 11.4. The van der Waals surface area contributed by atoms with Crippen LogP contribution in [0.1, 0.15) is 0 Å². The molecule has 39 heavy (non-hydrogen) atoms. The van der Waals surface area contributed by atoms with Crippen molar-refractivity contribution in [2.75, 3.05) is 4.90 Å². The Labute approximate surface area is 228 Å². The molecule has 0 unspecified atom stereocenters. The van der Waals surface area contributed by atoms with E-state index in [0.29, 0.717) is 0 Å². The van der Waals surface area contributed by atoms with E-state index < -0.39 is 0 Å². The van der Waals surface area contributed by atoms with Crippen molar-refractivity contribution < 1.29 is 4.42 Å². The molecule has 3 aromatic heterocycles. The van der Waals surface area contributed by atoms with E-state index >= 15 is 0 Å². The number of furan rings is 1. The van der Waals surface area contributed by atoms with Gasteiger partial charge in [-0.2, -0.15) is 0 Å². The minimum Gasteiger partial charge on any atom is -0.456 e. The second kappa shape index (κ2) is 7.01. The number of aromatic nitrogens is 1. The van der Waals surface area contributed by atoms with Gasteiger partial charge < -0.3 is 13.8 Å². The fraction of sp³-hybridized carbons (Fsp3) is 0. The maximum absolute atomic E-state index is 6.51. The molecule has 180 valence electrons. The van der Waals surface area contributed by atoms with Gasteiger partial charge in [0.1, 0.15) is 11.2 Å². The van der Waals surface area contributed by atoms with E-state index in [1.54, 1.807) is 0 Å². The monoisotopic (exact) mass is 514 g/mol. The predicted octanol–water partition coefficient (Wildman–Crippen LogP) is 8.17. The van der Waals surface area contributed by atoms with Crippen LogP contribution in [0, 0.1) is 0 Å². The molecule has 10 rings (SSSR count). The van der Waals surface area contributed by atoms with Crippen LogP contribution in [0.5, 0.6) is 0 Å². The topological polar surface area (TPSA) is 21.3 Å². The summed E-state index contributed by atoms with van der Waals surface area (Å²) in [5.74, 6) is 0. The number of para-hydroxylation sites is 4. The highest BCUT2D eigenvalue weighted by Gasteiger charge is 2.44. The number of fused-ring (bicyclic) bond motifs is 11. The van der Waals surface area contributed by atoms with Crippen molar-refractivity contribution in [3.8, 4) is 10.4 Å². The van der Waals surface area contributed by atoms with Crippen molar-refractivity contribution in [1.29, 1.82) is 0 Å². The Balaban J connectivity index is 1.43. The third-order valence-electron chi connectivity index (χ3n) is 8.63. The van der Waals surface area contributed by atoms with Crippen LogP contribution >= 0.6 is 11.3 Å². The summed E-state index contributed by atoms with van der Waals surface area (Å²) in [7, 11) is 0. The molecule has 2 aliphatic heterocycles. The molecule has 0 fully saturated rings. The normalized spacial score (nSPS) is 13.5. The van der Waals surface area contributed by atoms with Crippen LogP contribution in [0.4, 0.5) is 17.1 Å². The van der Waals surface area contributed by atoms with E-state index in [1.165, 1.54) is 71.0 Å². The molecule has 0 atom stereocenters. The Hall–Kier alpha value is -4.74. The van der Waals surface area contributed by atoms with Gasteiger partial charge in [-0.25, -0.2) is 0 Å². The molecular formula is C34H19BN2OS. The quantitative estimate of drug-likeness (QED) is 0.206. The van der Waals surface area contributed by atoms with E-state index in [-0.39, 0.29) is 6.85 Å². The Morgan fingerprint density at radius 1 is 0.667 bits per heavy atom. The van der Waals surface area contributed by atoms with E-state index in [2.05, 4.69) is 124 Å². The molecule has 0 N–H and O–H groups in total. The zero-order valence-electron chi connectivity index (χ0n) is 20.8. The van der Waals surface area contributed by atoms with Gasteiger partial charge in [0.2, 0.25) is 0 Å². The smallest absolute Gasteiger partial charge is 0.333 e. The van der Waals surface area contributed by atoms with Crippen LogP contribution in [0.3, 0.4) is 0 Å². The van der Waals surface area contributed by atoms with Crippen molar-refractivity contribution >= 4 is 89.9 Å². The molecule has 3 nitrogen and oxygen atoms in total. The van der Waals surface area contributed by atoms with Crippen LogP contribution in [0.15, 0.2) is 119 Å². The molecule has 0 saturated carbocycles. The third-order valence-corrected chi connectivity index (χ3v) is 9.64. The largest absolute Gasteiger partial charge is 0.456 e. The van der Waals surface area contributed by atoms with Crippen molar-refractivity contribution in [3.63, 3.8) is 0 Å². The van der Waals surface area contributed by atoms with Crippen LogP contribution in [0.2, 0.25) is 0 Å². The van der Waals surface area contributed by atoms with Crippen molar-refractivity contribution in [3.05, 3.63) is 115 Å². The summed E-state index contributed by atoms with van der Waals surface area (Å²) in [6.07, 6.45) is 0. The molecule has 0 saturated heterocycles. The van der Waals surface area contributed by atoms with Gasteiger partial charge in [-0.1, -0.05) is 72.8 Å². The summed E-state index contributed by atoms with van der Waals surface area (Å²) in [5.41, 5.74) is 12.2. The Morgan fingerprint density at radius 2 is 1.44 bits per heavy atom. The first-order valence-electron chi connectivity index (χ1n) is 13.3. The van der Waals surface area contributed by atoms with E-state index in [1.807, 2.05) is 11.3 Å². The van der Waals surface area contributed by atoms with Crippen molar-refractivity contribution in [2.45, 2.75) is 0 Å². The van der Waals surface area contributed by atoms with E-state index in [9.17, 15) is 0 Å². The summed E-state index contributed by atoms with van der Waals surface area (Å²) < 4.78 is 9.12. The van der Waals surface area contributed by atoms with Gasteiger partial charge in [-0.15, -0.1) is 11.3 Å². The molecule has 5 aromatic carbocycles. The summed E-state index contributed by atoms with van der Waals surface area (Å²) in [4.78, 5) is 3.78. The molecule has 0 amide bonds. The van der Waals surface area contributed by atoms with Gasteiger partial charge in [0.05, 0.1) is 5.69 Å². The Kier molecular flexibility index (Phi) is 3.64. The zero-order chi connectivity index (χ0) is 25.2. The van der Waals surface area contributed by atoms with Crippen molar-refractivity contribution in [2.24, 2.45) is 0 Å². The second-order valence-electron chi connectivity index (χ2n) is 10.5. The lowest BCUT2D eigenvalue weighted by Gasteiger charge is -2.37.